The second kappa shape index (κ2) is 6.15. The largest absolute Gasteiger partial charge is 0.431 e. The van der Waals surface area contributed by atoms with Gasteiger partial charge in [-0.05, 0) is 43.4 Å². The van der Waals surface area contributed by atoms with Crippen LogP contribution in [0, 0.1) is 0 Å². The Morgan fingerprint density at radius 3 is 2.42 bits per heavy atom. The maximum atomic E-state index is 12.9. The number of halogens is 4. The van der Waals surface area contributed by atoms with Gasteiger partial charge in [0, 0.05) is 23.0 Å². The summed E-state index contributed by atoms with van der Waals surface area (Å²) in [5.74, 6) is 0. The Labute approximate surface area is 142 Å². The lowest BCUT2D eigenvalue weighted by molar-refractivity contribution is -0.140. The molecule has 2 nitrogen and oxygen atoms in total. The first-order chi connectivity index (χ1) is 11.3. The van der Waals surface area contributed by atoms with Crippen LogP contribution in [0.1, 0.15) is 11.3 Å². The molecule has 2 aromatic carbocycles. The Balaban J connectivity index is 2.15. The van der Waals surface area contributed by atoms with Crippen LogP contribution < -0.4 is 0 Å². The first-order valence-corrected chi connectivity index (χ1v) is 7.76. The van der Waals surface area contributed by atoms with Crippen molar-refractivity contribution in [2.75, 3.05) is 14.1 Å². The SMILES string of the molecule is CN(C)Cc1ccccc1-c1cc2cc(C(F)(F)F)[nH]c2cc1Cl. The first kappa shape index (κ1) is 16.9. The van der Waals surface area contributed by atoms with Gasteiger partial charge in [-0.15, -0.1) is 0 Å². The minimum Gasteiger partial charge on any atom is -0.351 e. The number of benzene rings is 2. The fourth-order valence-electron chi connectivity index (χ4n) is 2.78. The standard InChI is InChI=1S/C18H16ClF3N2/c1-24(2)10-11-5-3-4-6-13(11)14-7-12-8-17(18(20,21)22)23-16(12)9-15(14)19/h3-9,23H,10H2,1-2H3. The normalized spacial score (nSPS) is 12.3. The van der Waals surface area contributed by atoms with E-state index in [1.54, 1.807) is 12.1 Å². The molecule has 1 heterocycles. The van der Waals surface area contributed by atoms with E-state index in [4.69, 9.17) is 11.6 Å². The van der Waals surface area contributed by atoms with E-state index in [1.165, 1.54) is 0 Å². The Hall–Kier alpha value is -1.98. The van der Waals surface area contributed by atoms with Crippen molar-refractivity contribution in [1.82, 2.24) is 9.88 Å². The summed E-state index contributed by atoms with van der Waals surface area (Å²) in [7, 11) is 3.92. The molecule has 0 atom stereocenters. The quantitative estimate of drug-likeness (QED) is 0.653. The smallest absolute Gasteiger partial charge is 0.351 e. The lowest BCUT2D eigenvalue weighted by Gasteiger charge is -2.15. The van der Waals surface area contributed by atoms with Crippen LogP contribution in [0.2, 0.25) is 5.02 Å². The van der Waals surface area contributed by atoms with Crippen LogP contribution >= 0.6 is 11.6 Å². The molecule has 1 aromatic heterocycles. The van der Waals surface area contributed by atoms with Crippen molar-refractivity contribution in [2.45, 2.75) is 12.7 Å². The van der Waals surface area contributed by atoms with Gasteiger partial charge in [0.05, 0.1) is 5.02 Å². The summed E-state index contributed by atoms with van der Waals surface area (Å²) in [5.41, 5.74) is 2.32. The average molecular weight is 353 g/mol. The van der Waals surface area contributed by atoms with Crippen LogP contribution in [0.15, 0.2) is 42.5 Å². The predicted molar refractivity (Wildman–Crippen MR) is 91.1 cm³/mol. The van der Waals surface area contributed by atoms with E-state index < -0.39 is 11.9 Å². The number of fused-ring (bicyclic) bond motifs is 1. The van der Waals surface area contributed by atoms with Crippen molar-refractivity contribution in [3.05, 3.63) is 58.7 Å². The Morgan fingerprint density at radius 2 is 1.75 bits per heavy atom. The average Bonchev–Trinajstić information content (AvgIpc) is 2.89. The van der Waals surface area contributed by atoms with Crippen molar-refractivity contribution in [3.63, 3.8) is 0 Å². The third-order valence-electron chi connectivity index (χ3n) is 3.81. The minimum atomic E-state index is -4.41. The number of aromatic amines is 1. The van der Waals surface area contributed by atoms with E-state index in [1.807, 2.05) is 43.3 Å². The van der Waals surface area contributed by atoms with E-state index in [0.717, 1.165) is 22.8 Å². The number of H-pyrrole nitrogens is 1. The monoisotopic (exact) mass is 352 g/mol. The number of rotatable bonds is 3. The highest BCUT2D eigenvalue weighted by Crippen LogP contribution is 2.37. The van der Waals surface area contributed by atoms with Crippen LogP contribution in [-0.4, -0.2) is 24.0 Å². The summed E-state index contributed by atoms with van der Waals surface area (Å²) in [5, 5.41) is 0.908. The van der Waals surface area contributed by atoms with Gasteiger partial charge in [-0.25, -0.2) is 0 Å². The summed E-state index contributed by atoms with van der Waals surface area (Å²) >= 11 is 6.35. The van der Waals surface area contributed by atoms with E-state index in [9.17, 15) is 13.2 Å². The molecule has 0 radical (unpaired) electrons. The molecule has 3 rings (SSSR count). The third kappa shape index (κ3) is 3.28. The van der Waals surface area contributed by atoms with E-state index in [2.05, 4.69) is 4.98 Å². The fourth-order valence-corrected chi connectivity index (χ4v) is 3.04. The van der Waals surface area contributed by atoms with Gasteiger partial charge in [0.15, 0.2) is 0 Å². The summed E-state index contributed by atoms with van der Waals surface area (Å²) in [4.78, 5) is 4.42. The Kier molecular flexibility index (Phi) is 4.32. The molecule has 6 heteroatoms. The molecule has 0 amide bonds. The molecule has 3 aromatic rings. The van der Waals surface area contributed by atoms with Gasteiger partial charge >= 0.3 is 6.18 Å². The van der Waals surface area contributed by atoms with Crippen molar-refractivity contribution < 1.29 is 13.2 Å². The molecule has 0 aliphatic heterocycles. The van der Waals surface area contributed by atoms with Gasteiger partial charge in [-0.2, -0.15) is 13.2 Å². The van der Waals surface area contributed by atoms with Gasteiger partial charge in [0.2, 0.25) is 0 Å². The molecule has 126 valence electrons. The van der Waals surface area contributed by atoms with Crippen molar-refractivity contribution in [2.24, 2.45) is 0 Å². The van der Waals surface area contributed by atoms with Gasteiger partial charge in [-0.1, -0.05) is 35.9 Å². The molecular weight excluding hydrogens is 337 g/mol. The topological polar surface area (TPSA) is 19.0 Å². The first-order valence-electron chi connectivity index (χ1n) is 7.38. The highest BCUT2D eigenvalue weighted by Gasteiger charge is 2.32. The summed E-state index contributed by atoms with van der Waals surface area (Å²) in [6.45, 7) is 0.714. The number of aromatic nitrogens is 1. The molecular formula is C18H16ClF3N2. The molecule has 0 aliphatic carbocycles. The number of nitrogens with zero attached hydrogens (tertiary/aromatic N) is 1. The summed E-state index contributed by atoms with van der Waals surface area (Å²) < 4.78 is 38.7. The molecule has 0 bridgehead atoms. The number of hydrogen-bond donors (Lipinski definition) is 1. The van der Waals surface area contributed by atoms with Gasteiger partial charge in [-0.3, -0.25) is 0 Å². The molecule has 0 saturated carbocycles. The van der Waals surface area contributed by atoms with Gasteiger partial charge in [0.25, 0.3) is 0 Å². The lowest BCUT2D eigenvalue weighted by atomic mass is 9.98. The van der Waals surface area contributed by atoms with Gasteiger partial charge in [0.1, 0.15) is 5.69 Å². The Bertz CT molecular complexity index is 882. The van der Waals surface area contributed by atoms with Crippen LogP contribution in [0.25, 0.3) is 22.0 Å². The Morgan fingerprint density at radius 1 is 1.04 bits per heavy atom. The molecule has 0 fully saturated rings. The molecule has 1 N–H and O–H groups in total. The molecule has 0 saturated heterocycles. The highest BCUT2D eigenvalue weighted by atomic mass is 35.5. The molecule has 0 aliphatic rings. The van der Waals surface area contributed by atoms with Crippen molar-refractivity contribution in [1.29, 1.82) is 0 Å². The van der Waals surface area contributed by atoms with Crippen molar-refractivity contribution >= 4 is 22.5 Å². The maximum Gasteiger partial charge on any atom is 0.431 e. The van der Waals surface area contributed by atoms with Crippen molar-refractivity contribution in [3.8, 4) is 11.1 Å². The number of hydrogen-bond acceptors (Lipinski definition) is 1. The highest BCUT2D eigenvalue weighted by molar-refractivity contribution is 6.34. The van der Waals surface area contributed by atoms with Crippen LogP contribution in [0.5, 0.6) is 0 Å². The van der Waals surface area contributed by atoms with Crippen LogP contribution in [-0.2, 0) is 12.7 Å². The zero-order chi connectivity index (χ0) is 17.5. The minimum absolute atomic E-state index is 0.376. The van der Waals surface area contributed by atoms with Crippen LogP contribution in [0.3, 0.4) is 0 Å². The second-order valence-corrected chi connectivity index (χ2v) is 6.40. The molecule has 24 heavy (non-hydrogen) atoms. The molecule has 0 unspecified atom stereocenters. The van der Waals surface area contributed by atoms with E-state index in [-0.39, 0.29) is 0 Å². The summed E-state index contributed by atoms with van der Waals surface area (Å²) in [6.07, 6.45) is -4.41. The maximum absolute atomic E-state index is 12.9. The zero-order valence-electron chi connectivity index (χ0n) is 13.2. The second-order valence-electron chi connectivity index (χ2n) is 6.00. The number of alkyl halides is 3. The van der Waals surface area contributed by atoms with E-state index in [0.29, 0.717) is 22.5 Å². The van der Waals surface area contributed by atoms with Crippen LogP contribution in [0.4, 0.5) is 13.2 Å². The fraction of sp³-hybridized carbons (Fsp3) is 0.222. The lowest BCUT2D eigenvalue weighted by Crippen LogP contribution is -2.11. The zero-order valence-corrected chi connectivity index (χ0v) is 14.0. The number of nitrogens with one attached hydrogen (secondary N) is 1. The van der Waals surface area contributed by atoms with E-state index >= 15 is 0 Å². The van der Waals surface area contributed by atoms with Gasteiger partial charge < -0.3 is 9.88 Å². The summed E-state index contributed by atoms with van der Waals surface area (Å²) in [6, 6.07) is 12.1. The predicted octanol–water partition coefficient (Wildman–Crippen LogP) is 5.57. The molecule has 0 spiro atoms. The third-order valence-corrected chi connectivity index (χ3v) is 4.12.